The maximum atomic E-state index is 12.9. The third-order valence-corrected chi connectivity index (χ3v) is 9.63. The van der Waals surface area contributed by atoms with Crippen molar-refractivity contribution in [1.82, 2.24) is 4.90 Å². The van der Waals surface area contributed by atoms with Crippen LogP contribution in [0.25, 0.3) is 0 Å². The van der Waals surface area contributed by atoms with Crippen molar-refractivity contribution >= 4 is 17.9 Å². The van der Waals surface area contributed by atoms with Crippen LogP contribution in [0.5, 0.6) is 0 Å². The van der Waals surface area contributed by atoms with E-state index >= 15 is 0 Å². The molecule has 0 aliphatic carbocycles. The minimum Gasteiger partial charge on any atom is -0.465 e. The first-order valence-corrected chi connectivity index (χ1v) is 21.5. The molecule has 1 atom stereocenters. The largest absolute Gasteiger partial charge is 0.465 e. The molecule has 0 bridgehead atoms. The number of rotatable bonds is 38. The molecule has 0 N–H and O–H groups in total. The Bertz CT molecular complexity index is 789. The molecule has 8 heteroatoms. The van der Waals surface area contributed by atoms with Gasteiger partial charge in [-0.3, -0.25) is 14.4 Å². The van der Waals surface area contributed by atoms with Crippen molar-refractivity contribution in [2.75, 3.05) is 40.5 Å². The van der Waals surface area contributed by atoms with E-state index in [2.05, 4.69) is 32.6 Å². The van der Waals surface area contributed by atoms with Crippen molar-refractivity contribution in [2.24, 2.45) is 5.92 Å². The van der Waals surface area contributed by atoms with E-state index in [4.69, 9.17) is 18.9 Å². The van der Waals surface area contributed by atoms with Crippen LogP contribution in [0.2, 0.25) is 0 Å². The number of hydrogen-bond acceptors (Lipinski definition) is 8. The molecule has 0 saturated heterocycles. The summed E-state index contributed by atoms with van der Waals surface area (Å²) < 4.78 is 23.1. The van der Waals surface area contributed by atoms with Gasteiger partial charge in [-0.1, -0.05) is 130 Å². The topological polar surface area (TPSA) is 91.4 Å². The number of carbonyl (C=O) groups is 3. The highest BCUT2D eigenvalue weighted by atomic mass is 16.5. The van der Waals surface area contributed by atoms with Gasteiger partial charge < -0.3 is 23.8 Å². The molecule has 0 rings (SSSR count). The Morgan fingerprint density at radius 2 is 0.882 bits per heavy atom. The van der Waals surface area contributed by atoms with Gasteiger partial charge >= 0.3 is 17.9 Å². The quantitative estimate of drug-likeness (QED) is 0.0353. The maximum Gasteiger partial charge on any atom is 0.311 e. The number of unbranched alkanes of at least 4 members (excludes halogenated alkanes) is 14. The lowest BCUT2D eigenvalue weighted by Crippen LogP contribution is -2.27. The van der Waals surface area contributed by atoms with Crippen LogP contribution in [0.3, 0.4) is 0 Å². The van der Waals surface area contributed by atoms with E-state index in [9.17, 15) is 14.4 Å². The molecule has 0 saturated carbocycles. The Morgan fingerprint density at radius 3 is 1.29 bits per heavy atom. The second-order valence-electron chi connectivity index (χ2n) is 15.1. The highest BCUT2D eigenvalue weighted by Crippen LogP contribution is 2.17. The van der Waals surface area contributed by atoms with Crippen LogP contribution in [-0.2, 0) is 33.3 Å². The normalized spacial score (nSPS) is 12.2. The van der Waals surface area contributed by atoms with Crippen LogP contribution in [0.4, 0.5) is 0 Å². The number of carbonyl (C=O) groups excluding carboxylic acids is 3. The van der Waals surface area contributed by atoms with Crippen LogP contribution in [0, 0.1) is 5.92 Å². The molecule has 8 nitrogen and oxygen atoms in total. The summed E-state index contributed by atoms with van der Waals surface area (Å²) in [7, 11) is 4.04. The first-order chi connectivity index (χ1) is 24.8. The van der Waals surface area contributed by atoms with Gasteiger partial charge in [0.25, 0.3) is 0 Å². The van der Waals surface area contributed by atoms with Gasteiger partial charge in [-0.15, -0.1) is 0 Å². The lowest BCUT2D eigenvalue weighted by atomic mass is 10.1. The zero-order valence-electron chi connectivity index (χ0n) is 34.5. The van der Waals surface area contributed by atoms with Crippen LogP contribution in [0.1, 0.15) is 201 Å². The zero-order chi connectivity index (χ0) is 37.8. The molecule has 51 heavy (non-hydrogen) atoms. The lowest BCUT2D eigenvalue weighted by molar-refractivity contribution is -0.151. The molecular formula is C43H83NO7. The molecule has 0 heterocycles. The van der Waals surface area contributed by atoms with Crippen LogP contribution in [-0.4, -0.2) is 75.5 Å². The van der Waals surface area contributed by atoms with E-state index < -0.39 is 0 Å². The first-order valence-electron chi connectivity index (χ1n) is 21.5. The number of ether oxygens (including phenoxy) is 4. The van der Waals surface area contributed by atoms with Crippen molar-refractivity contribution < 1.29 is 33.3 Å². The maximum absolute atomic E-state index is 12.9. The smallest absolute Gasteiger partial charge is 0.311 e. The van der Waals surface area contributed by atoms with Gasteiger partial charge in [0, 0.05) is 19.4 Å². The SMILES string of the molecule is CCCCC(CCCC)OC(=O)CCCCCCCCOCC(CCN(C)C)C(=O)OCCCCCCCCC(=O)OC(CCCC)CCCC. The van der Waals surface area contributed by atoms with E-state index in [0.29, 0.717) is 32.7 Å². The van der Waals surface area contributed by atoms with Gasteiger partial charge in [0.1, 0.15) is 12.2 Å². The summed E-state index contributed by atoms with van der Waals surface area (Å²) in [6, 6.07) is 0. The third-order valence-electron chi connectivity index (χ3n) is 9.63. The molecule has 0 aromatic rings. The van der Waals surface area contributed by atoms with Crippen molar-refractivity contribution in [2.45, 2.75) is 213 Å². The Morgan fingerprint density at radius 1 is 0.490 bits per heavy atom. The van der Waals surface area contributed by atoms with Crippen LogP contribution < -0.4 is 0 Å². The fourth-order valence-electron chi connectivity index (χ4n) is 6.20. The summed E-state index contributed by atoms with van der Waals surface area (Å²) in [5, 5.41) is 0. The molecule has 0 amide bonds. The molecule has 0 fully saturated rings. The Kier molecular flexibility index (Phi) is 35.5. The summed E-state index contributed by atoms with van der Waals surface area (Å²) in [6.45, 7) is 11.1. The Hall–Kier alpha value is -1.67. The van der Waals surface area contributed by atoms with Crippen molar-refractivity contribution in [3.63, 3.8) is 0 Å². The molecule has 0 aromatic heterocycles. The van der Waals surface area contributed by atoms with Gasteiger partial charge in [0.2, 0.25) is 0 Å². The average Bonchev–Trinajstić information content (AvgIpc) is 3.11. The van der Waals surface area contributed by atoms with Gasteiger partial charge in [-0.05, 0) is 78.4 Å². The Labute approximate surface area is 315 Å². The zero-order valence-corrected chi connectivity index (χ0v) is 34.5. The standard InChI is InChI=1S/C43H83NO7/c1-7-11-27-39(28-12-8-2)50-41(45)31-23-19-15-17-21-25-35-48-37-38(33-34-44(5)6)43(47)49-36-26-22-18-16-20-24-32-42(46)51-40(29-13-9-3)30-14-10-4/h38-40H,7-37H2,1-6H3. The number of nitrogens with zero attached hydrogens (tertiary/aromatic N) is 1. The molecule has 0 spiro atoms. The highest BCUT2D eigenvalue weighted by molar-refractivity contribution is 5.72. The van der Waals surface area contributed by atoms with Crippen molar-refractivity contribution in [1.29, 1.82) is 0 Å². The fraction of sp³-hybridized carbons (Fsp3) is 0.930. The molecular weight excluding hydrogens is 642 g/mol. The molecule has 302 valence electrons. The number of esters is 3. The molecule has 1 unspecified atom stereocenters. The van der Waals surface area contributed by atoms with Crippen LogP contribution >= 0.6 is 0 Å². The van der Waals surface area contributed by atoms with Crippen molar-refractivity contribution in [3.05, 3.63) is 0 Å². The minimum atomic E-state index is -0.237. The van der Waals surface area contributed by atoms with Crippen molar-refractivity contribution in [3.8, 4) is 0 Å². The lowest BCUT2D eigenvalue weighted by Gasteiger charge is -2.18. The summed E-state index contributed by atoms with van der Waals surface area (Å²) in [5.74, 6) is -0.451. The summed E-state index contributed by atoms with van der Waals surface area (Å²) in [6.07, 6.45) is 27.2. The second-order valence-corrected chi connectivity index (χ2v) is 15.1. The first kappa shape index (κ1) is 49.3. The van der Waals surface area contributed by atoms with E-state index in [1.165, 1.54) is 0 Å². The monoisotopic (exact) mass is 726 g/mol. The fourth-order valence-corrected chi connectivity index (χ4v) is 6.20. The highest BCUT2D eigenvalue weighted by Gasteiger charge is 2.21. The summed E-state index contributed by atoms with van der Waals surface area (Å²) in [5.41, 5.74) is 0. The van der Waals surface area contributed by atoms with Crippen LogP contribution in [0.15, 0.2) is 0 Å². The average molecular weight is 726 g/mol. The Balaban J connectivity index is 4.04. The summed E-state index contributed by atoms with van der Waals surface area (Å²) in [4.78, 5) is 39.5. The van der Waals surface area contributed by atoms with E-state index in [1.54, 1.807) is 0 Å². The minimum absolute atomic E-state index is 0.0289. The predicted molar refractivity (Wildman–Crippen MR) is 211 cm³/mol. The van der Waals surface area contributed by atoms with Gasteiger partial charge in [-0.25, -0.2) is 0 Å². The molecule has 0 aliphatic heterocycles. The van der Waals surface area contributed by atoms with Gasteiger partial charge in [0.05, 0.1) is 19.1 Å². The van der Waals surface area contributed by atoms with E-state index in [0.717, 1.165) is 167 Å². The van der Waals surface area contributed by atoms with E-state index in [-0.39, 0.29) is 36.0 Å². The molecule has 0 aromatic carbocycles. The van der Waals surface area contributed by atoms with E-state index in [1.807, 2.05) is 14.1 Å². The van der Waals surface area contributed by atoms with Gasteiger partial charge in [-0.2, -0.15) is 0 Å². The molecule has 0 radical (unpaired) electrons. The second kappa shape index (κ2) is 36.7. The number of hydrogen-bond donors (Lipinski definition) is 0. The van der Waals surface area contributed by atoms with Gasteiger partial charge in [0.15, 0.2) is 0 Å². The molecule has 0 aliphatic rings. The summed E-state index contributed by atoms with van der Waals surface area (Å²) >= 11 is 0. The predicted octanol–water partition coefficient (Wildman–Crippen LogP) is 11.2. The third kappa shape index (κ3) is 32.7.